The Morgan fingerprint density at radius 3 is 2.79 bits per heavy atom. The van der Waals surface area contributed by atoms with E-state index in [0.717, 1.165) is 24.8 Å². The van der Waals surface area contributed by atoms with E-state index >= 15 is 0 Å². The molecule has 0 amide bonds. The number of nitrogens with one attached hydrogen (secondary N) is 1. The van der Waals surface area contributed by atoms with Crippen molar-refractivity contribution >= 4 is 11.6 Å². The number of unbranched alkanes of at least 4 members (excludes halogenated alkanes) is 3. The molecule has 3 heteroatoms. The molecular formula is C16H23ClFN. The van der Waals surface area contributed by atoms with Crippen molar-refractivity contribution in [2.24, 2.45) is 0 Å². The number of likely N-dealkylation sites (N-methyl/N-ethyl adjacent to an activating group) is 1. The van der Waals surface area contributed by atoms with Crippen LogP contribution in [0.4, 0.5) is 4.39 Å². The van der Waals surface area contributed by atoms with E-state index in [2.05, 4.69) is 11.9 Å². The summed E-state index contributed by atoms with van der Waals surface area (Å²) >= 11 is 6.05. The highest BCUT2D eigenvalue weighted by atomic mass is 35.5. The fraction of sp³-hybridized carbons (Fsp3) is 0.500. The summed E-state index contributed by atoms with van der Waals surface area (Å²) in [6, 6.07) is 5.03. The minimum Gasteiger partial charge on any atom is -0.317 e. The van der Waals surface area contributed by atoms with Gasteiger partial charge in [-0.2, -0.15) is 0 Å². The van der Waals surface area contributed by atoms with Gasteiger partial charge in [-0.15, -0.1) is 6.58 Å². The second kappa shape index (κ2) is 9.11. The molecule has 1 aromatic rings. The third kappa shape index (κ3) is 6.22. The Balaban J connectivity index is 2.40. The quantitative estimate of drug-likeness (QED) is 0.509. The van der Waals surface area contributed by atoms with E-state index < -0.39 is 0 Å². The lowest BCUT2D eigenvalue weighted by molar-refractivity contribution is 0.486. The summed E-state index contributed by atoms with van der Waals surface area (Å²) in [6.45, 7) is 3.72. The molecule has 1 atom stereocenters. The smallest absolute Gasteiger partial charge is 0.124 e. The van der Waals surface area contributed by atoms with Gasteiger partial charge in [-0.1, -0.05) is 36.6 Å². The topological polar surface area (TPSA) is 12.0 Å². The summed E-state index contributed by atoms with van der Waals surface area (Å²) in [5.41, 5.74) is 1.01. The second-order valence-electron chi connectivity index (χ2n) is 4.85. The molecule has 19 heavy (non-hydrogen) atoms. The standard InChI is InChI=1S/C16H23ClFN/c1-3-4-5-6-7-8-15(19-2)11-13-9-10-14(18)12-16(13)17/h3,9-10,12,15,19H,1,4-8,11H2,2H3. The molecule has 1 aromatic carbocycles. The summed E-state index contributed by atoms with van der Waals surface area (Å²) < 4.78 is 13.0. The molecule has 0 fully saturated rings. The number of rotatable bonds is 9. The number of hydrogen-bond donors (Lipinski definition) is 1. The summed E-state index contributed by atoms with van der Waals surface area (Å²) in [7, 11) is 1.96. The number of benzene rings is 1. The second-order valence-corrected chi connectivity index (χ2v) is 5.26. The van der Waals surface area contributed by atoms with Gasteiger partial charge in [-0.05, 0) is 50.4 Å². The normalized spacial score (nSPS) is 12.4. The summed E-state index contributed by atoms with van der Waals surface area (Å²) in [5.74, 6) is -0.279. The fourth-order valence-corrected chi connectivity index (χ4v) is 2.40. The van der Waals surface area contributed by atoms with Gasteiger partial charge in [0.15, 0.2) is 0 Å². The van der Waals surface area contributed by atoms with E-state index in [0.29, 0.717) is 11.1 Å². The highest BCUT2D eigenvalue weighted by Crippen LogP contribution is 2.20. The molecule has 1 nitrogen and oxygen atoms in total. The van der Waals surface area contributed by atoms with Crippen molar-refractivity contribution < 1.29 is 4.39 Å². The number of allylic oxidation sites excluding steroid dienone is 1. The summed E-state index contributed by atoms with van der Waals surface area (Å²) in [5, 5.41) is 3.83. The molecule has 0 aromatic heterocycles. The average Bonchev–Trinajstić information content (AvgIpc) is 2.39. The van der Waals surface area contributed by atoms with Crippen LogP contribution in [0.25, 0.3) is 0 Å². The van der Waals surface area contributed by atoms with Crippen LogP contribution < -0.4 is 5.32 Å². The molecule has 0 saturated carbocycles. The molecule has 106 valence electrons. The van der Waals surface area contributed by atoms with E-state index in [1.54, 1.807) is 6.07 Å². The molecule has 1 N–H and O–H groups in total. The zero-order chi connectivity index (χ0) is 14.1. The first kappa shape index (κ1) is 16.2. The van der Waals surface area contributed by atoms with Gasteiger partial charge >= 0.3 is 0 Å². The molecule has 1 unspecified atom stereocenters. The van der Waals surface area contributed by atoms with Crippen LogP contribution in [-0.4, -0.2) is 13.1 Å². The van der Waals surface area contributed by atoms with E-state index in [1.165, 1.54) is 31.4 Å². The van der Waals surface area contributed by atoms with Gasteiger partial charge in [-0.25, -0.2) is 4.39 Å². The Bertz CT molecular complexity index is 392. The Hall–Kier alpha value is -0.860. The predicted octanol–water partition coefficient (Wildman–Crippen LogP) is 4.75. The van der Waals surface area contributed by atoms with Crippen molar-refractivity contribution in [2.45, 2.75) is 44.6 Å². The lowest BCUT2D eigenvalue weighted by Gasteiger charge is -2.17. The van der Waals surface area contributed by atoms with Crippen LogP contribution in [0.5, 0.6) is 0 Å². The van der Waals surface area contributed by atoms with Crippen LogP contribution in [-0.2, 0) is 6.42 Å². The predicted molar refractivity (Wildman–Crippen MR) is 81.2 cm³/mol. The highest BCUT2D eigenvalue weighted by Gasteiger charge is 2.10. The van der Waals surface area contributed by atoms with Gasteiger partial charge in [0.1, 0.15) is 5.82 Å². The first-order chi connectivity index (χ1) is 9.17. The van der Waals surface area contributed by atoms with Crippen LogP contribution in [0.15, 0.2) is 30.9 Å². The van der Waals surface area contributed by atoms with Crippen LogP contribution >= 0.6 is 11.6 Å². The van der Waals surface area contributed by atoms with E-state index in [4.69, 9.17) is 11.6 Å². The van der Waals surface area contributed by atoms with Gasteiger partial charge in [0.2, 0.25) is 0 Å². The molecule has 0 saturated heterocycles. The van der Waals surface area contributed by atoms with E-state index in [1.807, 2.05) is 13.1 Å². The van der Waals surface area contributed by atoms with Crippen molar-refractivity contribution in [3.63, 3.8) is 0 Å². The Labute approximate surface area is 120 Å². The van der Waals surface area contributed by atoms with Gasteiger partial charge in [0.25, 0.3) is 0 Å². The van der Waals surface area contributed by atoms with E-state index in [9.17, 15) is 4.39 Å². The Kier molecular flexibility index (Phi) is 7.76. The average molecular weight is 284 g/mol. The highest BCUT2D eigenvalue weighted by molar-refractivity contribution is 6.31. The third-order valence-corrected chi connectivity index (χ3v) is 3.70. The Morgan fingerprint density at radius 2 is 2.16 bits per heavy atom. The number of halogens is 2. The van der Waals surface area contributed by atoms with Crippen molar-refractivity contribution in [3.8, 4) is 0 Å². The fourth-order valence-electron chi connectivity index (χ4n) is 2.16. The molecule has 0 heterocycles. The molecule has 0 radical (unpaired) electrons. The third-order valence-electron chi connectivity index (χ3n) is 3.35. The maximum Gasteiger partial charge on any atom is 0.124 e. The van der Waals surface area contributed by atoms with Crippen molar-refractivity contribution in [1.29, 1.82) is 0 Å². The first-order valence-electron chi connectivity index (χ1n) is 6.89. The van der Waals surface area contributed by atoms with Gasteiger partial charge in [-0.3, -0.25) is 0 Å². The Morgan fingerprint density at radius 1 is 1.37 bits per heavy atom. The van der Waals surface area contributed by atoms with Gasteiger partial charge < -0.3 is 5.32 Å². The minimum atomic E-state index is -0.279. The lowest BCUT2D eigenvalue weighted by Crippen LogP contribution is -2.27. The summed E-state index contributed by atoms with van der Waals surface area (Å²) in [6.07, 6.45) is 8.64. The molecule has 1 rings (SSSR count). The molecule has 0 aliphatic carbocycles. The van der Waals surface area contributed by atoms with Gasteiger partial charge in [0, 0.05) is 11.1 Å². The monoisotopic (exact) mass is 283 g/mol. The van der Waals surface area contributed by atoms with Gasteiger partial charge in [0.05, 0.1) is 0 Å². The van der Waals surface area contributed by atoms with Crippen LogP contribution in [0.3, 0.4) is 0 Å². The maximum absolute atomic E-state index is 13.0. The van der Waals surface area contributed by atoms with Crippen molar-refractivity contribution in [3.05, 3.63) is 47.3 Å². The number of hydrogen-bond acceptors (Lipinski definition) is 1. The maximum atomic E-state index is 13.0. The van der Waals surface area contributed by atoms with Crippen LogP contribution in [0, 0.1) is 5.82 Å². The molecular weight excluding hydrogens is 261 g/mol. The van der Waals surface area contributed by atoms with Crippen molar-refractivity contribution in [1.82, 2.24) is 5.32 Å². The molecule has 0 aliphatic rings. The van der Waals surface area contributed by atoms with E-state index in [-0.39, 0.29) is 5.82 Å². The zero-order valence-corrected chi connectivity index (χ0v) is 12.3. The SMILES string of the molecule is C=CCCCCCC(Cc1ccc(F)cc1Cl)NC. The zero-order valence-electron chi connectivity index (χ0n) is 11.6. The van der Waals surface area contributed by atoms with Crippen LogP contribution in [0.1, 0.15) is 37.7 Å². The first-order valence-corrected chi connectivity index (χ1v) is 7.27. The minimum absolute atomic E-state index is 0.279. The molecule has 0 aliphatic heterocycles. The van der Waals surface area contributed by atoms with Crippen molar-refractivity contribution in [2.75, 3.05) is 7.05 Å². The largest absolute Gasteiger partial charge is 0.317 e. The lowest BCUT2D eigenvalue weighted by atomic mass is 10.00. The summed E-state index contributed by atoms with van der Waals surface area (Å²) in [4.78, 5) is 0. The van der Waals surface area contributed by atoms with Crippen LogP contribution in [0.2, 0.25) is 5.02 Å². The molecule has 0 spiro atoms. The molecule has 0 bridgehead atoms.